The first-order chi connectivity index (χ1) is 8.13. The van der Waals surface area contributed by atoms with E-state index in [2.05, 4.69) is 21.4 Å². The second kappa shape index (κ2) is 5.23. The van der Waals surface area contributed by atoms with Crippen molar-refractivity contribution < 1.29 is 4.42 Å². The zero-order valence-corrected chi connectivity index (χ0v) is 11.5. The molecular formula is C12H12BrClN2O. The topological polar surface area (TPSA) is 51.2 Å². The van der Waals surface area contributed by atoms with Gasteiger partial charge in [0.2, 0.25) is 0 Å². The largest absolute Gasteiger partial charge is 0.466 e. The van der Waals surface area contributed by atoms with Crippen molar-refractivity contribution in [1.82, 2.24) is 5.43 Å². The Morgan fingerprint density at radius 2 is 2.18 bits per heavy atom. The van der Waals surface area contributed by atoms with Gasteiger partial charge in [-0.3, -0.25) is 5.84 Å². The van der Waals surface area contributed by atoms with Crippen LogP contribution in [0.2, 0.25) is 5.02 Å². The zero-order valence-electron chi connectivity index (χ0n) is 9.21. The molecule has 1 atom stereocenters. The number of nitrogens with two attached hydrogens (primary N) is 1. The summed E-state index contributed by atoms with van der Waals surface area (Å²) in [6.07, 6.45) is 1.61. The first kappa shape index (κ1) is 12.6. The molecule has 0 saturated heterocycles. The second-order valence-corrected chi connectivity index (χ2v) is 5.00. The summed E-state index contributed by atoms with van der Waals surface area (Å²) in [6.45, 7) is 1.96. The molecule has 0 saturated carbocycles. The van der Waals surface area contributed by atoms with Gasteiger partial charge in [0.05, 0.1) is 10.7 Å². The SMILES string of the molecule is Cc1ccc(C(NN)c2occc2Br)cc1Cl. The summed E-state index contributed by atoms with van der Waals surface area (Å²) < 4.78 is 6.28. The first-order valence-corrected chi connectivity index (χ1v) is 6.25. The number of hydrazine groups is 1. The first-order valence-electron chi connectivity index (χ1n) is 5.08. The molecular weight excluding hydrogens is 304 g/mol. The Bertz CT molecular complexity index is 527. The van der Waals surface area contributed by atoms with Gasteiger partial charge < -0.3 is 4.42 Å². The van der Waals surface area contributed by atoms with Gasteiger partial charge in [0.25, 0.3) is 0 Å². The van der Waals surface area contributed by atoms with Crippen LogP contribution in [0.25, 0.3) is 0 Å². The Morgan fingerprint density at radius 3 is 2.71 bits per heavy atom. The summed E-state index contributed by atoms with van der Waals surface area (Å²) in [7, 11) is 0. The van der Waals surface area contributed by atoms with E-state index >= 15 is 0 Å². The molecule has 0 fully saturated rings. The molecule has 1 unspecified atom stereocenters. The number of benzene rings is 1. The minimum atomic E-state index is -0.225. The van der Waals surface area contributed by atoms with E-state index in [4.69, 9.17) is 21.9 Å². The lowest BCUT2D eigenvalue weighted by molar-refractivity contribution is 0.450. The van der Waals surface area contributed by atoms with Crippen molar-refractivity contribution in [2.24, 2.45) is 5.84 Å². The third-order valence-electron chi connectivity index (χ3n) is 2.60. The zero-order chi connectivity index (χ0) is 12.4. The third kappa shape index (κ3) is 2.55. The molecule has 0 spiro atoms. The quantitative estimate of drug-likeness (QED) is 0.672. The van der Waals surface area contributed by atoms with Gasteiger partial charge in [0.15, 0.2) is 0 Å². The molecule has 0 radical (unpaired) electrons. The fourth-order valence-electron chi connectivity index (χ4n) is 1.62. The Hall–Kier alpha value is -0.810. The molecule has 3 N–H and O–H groups in total. The molecule has 2 aromatic rings. The number of nitrogens with one attached hydrogen (secondary N) is 1. The highest BCUT2D eigenvalue weighted by molar-refractivity contribution is 9.10. The molecule has 0 amide bonds. The van der Waals surface area contributed by atoms with Gasteiger partial charge in [-0.1, -0.05) is 23.7 Å². The van der Waals surface area contributed by atoms with Crippen LogP contribution in [0.1, 0.15) is 22.9 Å². The summed E-state index contributed by atoms with van der Waals surface area (Å²) in [5.74, 6) is 6.31. The van der Waals surface area contributed by atoms with E-state index in [1.54, 1.807) is 6.26 Å². The average Bonchev–Trinajstić information content (AvgIpc) is 2.71. The Labute approximate surface area is 113 Å². The van der Waals surface area contributed by atoms with Crippen LogP contribution in [-0.4, -0.2) is 0 Å². The molecule has 0 aliphatic rings. The minimum absolute atomic E-state index is 0.225. The molecule has 1 aromatic heterocycles. The molecule has 0 bridgehead atoms. The van der Waals surface area contributed by atoms with Crippen LogP contribution in [0.4, 0.5) is 0 Å². The number of hydrogen-bond acceptors (Lipinski definition) is 3. The lowest BCUT2D eigenvalue weighted by Gasteiger charge is -2.15. The smallest absolute Gasteiger partial charge is 0.140 e. The van der Waals surface area contributed by atoms with Crippen LogP contribution in [0, 0.1) is 6.92 Å². The van der Waals surface area contributed by atoms with Crippen molar-refractivity contribution in [3.8, 4) is 0 Å². The summed E-state index contributed by atoms with van der Waals surface area (Å²) >= 11 is 9.52. The third-order valence-corrected chi connectivity index (χ3v) is 3.67. The van der Waals surface area contributed by atoms with Crippen molar-refractivity contribution in [2.45, 2.75) is 13.0 Å². The van der Waals surface area contributed by atoms with E-state index in [-0.39, 0.29) is 6.04 Å². The number of hydrogen-bond donors (Lipinski definition) is 2. The van der Waals surface area contributed by atoms with Crippen LogP contribution in [0.15, 0.2) is 39.4 Å². The molecule has 17 heavy (non-hydrogen) atoms. The molecule has 0 aliphatic heterocycles. The van der Waals surface area contributed by atoms with Gasteiger partial charge in [-0.15, -0.1) is 0 Å². The van der Waals surface area contributed by atoms with Gasteiger partial charge in [-0.2, -0.15) is 0 Å². The normalized spacial score (nSPS) is 12.7. The minimum Gasteiger partial charge on any atom is -0.466 e. The molecule has 0 aliphatic carbocycles. The maximum atomic E-state index is 6.11. The summed E-state index contributed by atoms with van der Waals surface area (Å²) in [5.41, 5.74) is 4.72. The monoisotopic (exact) mass is 314 g/mol. The van der Waals surface area contributed by atoms with E-state index in [1.807, 2.05) is 31.2 Å². The lowest BCUT2D eigenvalue weighted by Crippen LogP contribution is -2.28. The maximum Gasteiger partial charge on any atom is 0.140 e. The predicted octanol–water partition coefficient (Wildman–Crippen LogP) is 3.56. The molecule has 5 heteroatoms. The summed E-state index contributed by atoms with van der Waals surface area (Å²) in [4.78, 5) is 0. The molecule has 90 valence electrons. The van der Waals surface area contributed by atoms with Crippen molar-refractivity contribution >= 4 is 27.5 Å². The predicted molar refractivity (Wildman–Crippen MR) is 71.8 cm³/mol. The standard InChI is InChI=1S/C12H12BrClN2O/c1-7-2-3-8(6-10(7)14)11(16-15)12-9(13)4-5-17-12/h2-6,11,16H,15H2,1H3. The van der Waals surface area contributed by atoms with Crippen LogP contribution < -0.4 is 11.3 Å². The van der Waals surface area contributed by atoms with Crippen molar-refractivity contribution in [3.63, 3.8) is 0 Å². The van der Waals surface area contributed by atoms with E-state index in [0.717, 1.165) is 21.4 Å². The maximum absolute atomic E-state index is 6.11. The van der Waals surface area contributed by atoms with Crippen LogP contribution in [0.3, 0.4) is 0 Å². The van der Waals surface area contributed by atoms with Gasteiger partial charge >= 0.3 is 0 Å². The van der Waals surface area contributed by atoms with Crippen molar-refractivity contribution in [2.75, 3.05) is 0 Å². The van der Waals surface area contributed by atoms with Crippen LogP contribution in [0.5, 0.6) is 0 Å². The Kier molecular flexibility index (Phi) is 3.89. The van der Waals surface area contributed by atoms with Crippen molar-refractivity contribution in [1.29, 1.82) is 0 Å². The molecule has 3 nitrogen and oxygen atoms in total. The number of furan rings is 1. The number of halogens is 2. The van der Waals surface area contributed by atoms with E-state index in [9.17, 15) is 0 Å². The van der Waals surface area contributed by atoms with Gasteiger partial charge in [-0.05, 0) is 46.1 Å². The van der Waals surface area contributed by atoms with Gasteiger partial charge in [-0.25, -0.2) is 5.43 Å². The molecule has 2 rings (SSSR count). The van der Waals surface area contributed by atoms with Crippen molar-refractivity contribution in [3.05, 3.63) is 56.9 Å². The highest BCUT2D eigenvalue weighted by Crippen LogP contribution is 2.30. The molecule has 1 aromatic carbocycles. The summed E-state index contributed by atoms with van der Waals surface area (Å²) in [6, 6.07) is 7.42. The number of rotatable bonds is 3. The highest BCUT2D eigenvalue weighted by atomic mass is 79.9. The number of aryl methyl sites for hydroxylation is 1. The fraction of sp³-hybridized carbons (Fsp3) is 0.167. The van der Waals surface area contributed by atoms with E-state index < -0.39 is 0 Å². The Morgan fingerprint density at radius 1 is 1.41 bits per heavy atom. The van der Waals surface area contributed by atoms with Crippen LogP contribution >= 0.6 is 27.5 Å². The fourth-order valence-corrected chi connectivity index (χ4v) is 2.24. The summed E-state index contributed by atoms with van der Waals surface area (Å²) in [5, 5.41) is 0.713. The van der Waals surface area contributed by atoms with Gasteiger partial charge in [0.1, 0.15) is 11.8 Å². The van der Waals surface area contributed by atoms with Crippen LogP contribution in [-0.2, 0) is 0 Å². The van der Waals surface area contributed by atoms with E-state index in [0.29, 0.717) is 5.02 Å². The second-order valence-electron chi connectivity index (χ2n) is 3.74. The Balaban J connectivity index is 2.42. The van der Waals surface area contributed by atoms with Gasteiger partial charge in [0, 0.05) is 5.02 Å². The average molecular weight is 316 g/mol. The lowest BCUT2D eigenvalue weighted by atomic mass is 10.0. The highest BCUT2D eigenvalue weighted by Gasteiger charge is 2.19. The molecule has 1 heterocycles. The van der Waals surface area contributed by atoms with E-state index in [1.165, 1.54) is 0 Å².